The molecule has 6 heterocycles. The molecule has 0 N–H and O–H groups in total. The number of hydrogen-bond donors (Lipinski definition) is 0. The van der Waals surface area contributed by atoms with Crippen molar-refractivity contribution in [1.29, 1.82) is 0 Å². The van der Waals surface area contributed by atoms with Crippen LogP contribution in [0.5, 0.6) is 0 Å². The van der Waals surface area contributed by atoms with Crippen molar-refractivity contribution in [1.82, 2.24) is 14.8 Å². The minimum atomic E-state index is -2.92. The number of hydrogen-bond acceptors (Lipinski definition) is 7. The number of fused-ring (bicyclic) bond motifs is 3. The van der Waals surface area contributed by atoms with Gasteiger partial charge in [-0.25, -0.2) is 22.2 Å². The van der Waals surface area contributed by atoms with Crippen LogP contribution < -0.4 is 9.80 Å². The molecule has 0 saturated carbocycles. The Morgan fingerprint density at radius 2 is 1.74 bits per heavy atom. The lowest BCUT2D eigenvalue weighted by molar-refractivity contribution is -0.128. The van der Waals surface area contributed by atoms with Crippen LogP contribution in [0.2, 0.25) is 0 Å². The molecular weight excluding hydrogens is 524 g/mol. The van der Waals surface area contributed by atoms with Crippen LogP contribution in [0.1, 0.15) is 56.2 Å². The summed E-state index contributed by atoms with van der Waals surface area (Å²) >= 11 is 0. The van der Waals surface area contributed by atoms with Gasteiger partial charge in [-0.15, -0.1) is 0 Å². The fraction of sp³-hybridized carbons (Fsp3) is 0.714. The summed E-state index contributed by atoms with van der Waals surface area (Å²) in [6.45, 7) is 8.86. The standard InChI is InChI=1S/C28H39F2N5O3S/c1-2-25(36)34-14-12-32(13-15-34)23-19-35-21(23)5-3-4-20-22(35)18-24(31-26(20)27(29)30)33-10-6-28(7-11-33)8-16-39(37,38)17-9-28/h2,18,21,23,27H,1,3-17,19H2/t21?,23-/m1/s1. The highest BCUT2D eigenvalue weighted by molar-refractivity contribution is 7.91. The number of carbonyl (C=O) groups excluding carboxylic acids is 1. The van der Waals surface area contributed by atoms with Crippen LogP contribution in [0.3, 0.4) is 0 Å². The van der Waals surface area contributed by atoms with Gasteiger partial charge in [0.2, 0.25) is 5.91 Å². The van der Waals surface area contributed by atoms with E-state index >= 15 is 0 Å². The predicted octanol–water partition coefficient (Wildman–Crippen LogP) is 3.04. The number of piperazine rings is 1. The van der Waals surface area contributed by atoms with Crippen molar-refractivity contribution in [3.63, 3.8) is 0 Å². The number of anilines is 2. The van der Waals surface area contributed by atoms with E-state index in [1.54, 1.807) is 0 Å². The SMILES string of the molecule is C=CC(=O)N1CCN([C@@H]2CN3c4cc(N5CCC6(CC5)CCS(=O)(=O)CC6)nc(C(F)F)c4CCCC23)CC1. The lowest BCUT2D eigenvalue weighted by Gasteiger charge is -2.55. The molecule has 8 nitrogen and oxygen atoms in total. The Hall–Kier alpha value is -2.27. The van der Waals surface area contributed by atoms with Gasteiger partial charge in [-0.05, 0) is 56.4 Å². The molecule has 1 aromatic rings. The van der Waals surface area contributed by atoms with Gasteiger partial charge < -0.3 is 14.7 Å². The zero-order valence-corrected chi connectivity index (χ0v) is 23.3. The van der Waals surface area contributed by atoms with E-state index in [9.17, 15) is 22.0 Å². The van der Waals surface area contributed by atoms with E-state index in [1.807, 2.05) is 11.0 Å². The summed E-state index contributed by atoms with van der Waals surface area (Å²) in [7, 11) is -2.92. The van der Waals surface area contributed by atoms with Crippen molar-refractivity contribution < 1.29 is 22.0 Å². The average Bonchev–Trinajstić information content (AvgIpc) is 3.06. The zero-order chi connectivity index (χ0) is 27.4. The monoisotopic (exact) mass is 563 g/mol. The molecule has 0 aliphatic carbocycles. The highest BCUT2D eigenvalue weighted by atomic mass is 32.2. The first-order valence-corrected chi connectivity index (χ1v) is 16.2. The number of sulfone groups is 1. The Morgan fingerprint density at radius 3 is 2.38 bits per heavy atom. The van der Waals surface area contributed by atoms with Crippen LogP contribution in [-0.4, -0.2) is 98.5 Å². The summed E-state index contributed by atoms with van der Waals surface area (Å²) < 4.78 is 52.6. The Bertz CT molecular complexity index is 1210. The molecule has 11 heteroatoms. The van der Waals surface area contributed by atoms with E-state index in [0.717, 1.165) is 51.0 Å². The number of amides is 1. The Labute approximate surface area is 229 Å². The third-order valence-corrected chi connectivity index (χ3v) is 11.7. The predicted molar refractivity (Wildman–Crippen MR) is 147 cm³/mol. The molecule has 4 saturated heterocycles. The van der Waals surface area contributed by atoms with Gasteiger partial charge in [0, 0.05) is 75.2 Å². The third-order valence-electron chi connectivity index (χ3n) is 10.1. The van der Waals surface area contributed by atoms with Gasteiger partial charge in [0.05, 0.1) is 11.5 Å². The van der Waals surface area contributed by atoms with Gasteiger partial charge >= 0.3 is 0 Å². The van der Waals surface area contributed by atoms with Crippen LogP contribution in [0.15, 0.2) is 18.7 Å². The maximum Gasteiger partial charge on any atom is 0.280 e. The molecule has 2 atom stereocenters. The second-order valence-corrected chi connectivity index (χ2v) is 14.4. The van der Waals surface area contributed by atoms with Crippen LogP contribution in [0.4, 0.5) is 20.3 Å². The molecule has 214 valence electrons. The maximum atomic E-state index is 14.3. The number of alkyl halides is 2. The van der Waals surface area contributed by atoms with Gasteiger partial charge in [0.25, 0.3) is 6.43 Å². The first-order valence-electron chi connectivity index (χ1n) is 14.4. The van der Waals surface area contributed by atoms with Gasteiger partial charge in [-0.2, -0.15) is 0 Å². The van der Waals surface area contributed by atoms with Crippen molar-refractivity contribution in [3.05, 3.63) is 30.0 Å². The maximum absolute atomic E-state index is 14.3. The molecular formula is C28H39F2N5O3S. The molecule has 5 aliphatic rings. The minimum Gasteiger partial charge on any atom is -0.365 e. The van der Waals surface area contributed by atoms with E-state index in [-0.39, 0.29) is 34.6 Å². The van der Waals surface area contributed by atoms with E-state index < -0.39 is 16.3 Å². The molecule has 4 fully saturated rings. The Morgan fingerprint density at radius 1 is 1.05 bits per heavy atom. The van der Waals surface area contributed by atoms with E-state index in [1.165, 1.54) is 6.08 Å². The topological polar surface area (TPSA) is 77.1 Å². The van der Waals surface area contributed by atoms with Gasteiger partial charge in [0.15, 0.2) is 0 Å². The molecule has 0 aromatic carbocycles. The lowest BCUT2D eigenvalue weighted by Crippen LogP contribution is -2.69. The van der Waals surface area contributed by atoms with Crippen molar-refractivity contribution in [2.45, 2.75) is 63.5 Å². The molecule has 1 unspecified atom stereocenters. The van der Waals surface area contributed by atoms with Crippen molar-refractivity contribution in [3.8, 4) is 0 Å². The summed E-state index contributed by atoms with van der Waals surface area (Å²) in [5.74, 6) is 1.13. The van der Waals surface area contributed by atoms with E-state index in [0.29, 0.717) is 62.9 Å². The Balaban J connectivity index is 1.19. The van der Waals surface area contributed by atoms with Gasteiger partial charge in [-0.3, -0.25) is 9.69 Å². The zero-order valence-electron chi connectivity index (χ0n) is 22.5. The van der Waals surface area contributed by atoms with Crippen LogP contribution in [-0.2, 0) is 21.1 Å². The molecule has 0 bridgehead atoms. The molecule has 0 radical (unpaired) electrons. The van der Waals surface area contributed by atoms with E-state index in [4.69, 9.17) is 0 Å². The second-order valence-electron chi connectivity index (χ2n) is 12.0. The van der Waals surface area contributed by atoms with E-state index in [2.05, 4.69) is 26.3 Å². The van der Waals surface area contributed by atoms with Crippen LogP contribution in [0.25, 0.3) is 0 Å². The quantitative estimate of drug-likeness (QED) is 0.522. The van der Waals surface area contributed by atoms with Crippen LogP contribution in [0, 0.1) is 5.41 Å². The first kappa shape index (κ1) is 26.9. The summed E-state index contributed by atoms with van der Waals surface area (Å²) in [6, 6.07) is 2.68. The van der Waals surface area contributed by atoms with Crippen molar-refractivity contribution in [2.24, 2.45) is 5.41 Å². The second kappa shape index (κ2) is 10.3. The lowest BCUT2D eigenvalue weighted by atomic mass is 9.74. The molecule has 1 amide bonds. The first-order chi connectivity index (χ1) is 18.7. The van der Waals surface area contributed by atoms with Gasteiger partial charge in [0.1, 0.15) is 21.3 Å². The number of halogens is 2. The summed E-state index contributed by atoms with van der Waals surface area (Å²) in [5, 5.41) is 0. The number of piperidine rings is 1. The largest absolute Gasteiger partial charge is 0.365 e. The molecule has 1 spiro atoms. The van der Waals surface area contributed by atoms with Gasteiger partial charge in [-0.1, -0.05) is 6.58 Å². The molecule has 5 aliphatic heterocycles. The molecule has 39 heavy (non-hydrogen) atoms. The highest BCUT2D eigenvalue weighted by Gasteiger charge is 2.46. The summed E-state index contributed by atoms with van der Waals surface area (Å²) in [6.07, 6.45) is 4.33. The number of aromatic nitrogens is 1. The third kappa shape index (κ3) is 5.05. The summed E-state index contributed by atoms with van der Waals surface area (Å²) in [5.41, 5.74) is 1.59. The normalized spacial score (nSPS) is 28.4. The molecule has 1 aromatic heterocycles. The van der Waals surface area contributed by atoms with Crippen molar-refractivity contribution in [2.75, 3.05) is 67.1 Å². The fourth-order valence-electron chi connectivity index (χ4n) is 7.50. The average molecular weight is 564 g/mol. The number of carbonyl (C=O) groups is 1. The van der Waals surface area contributed by atoms with Crippen LogP contribution >= 0.6 is 0 Å². The molecule has 6 rings (SSSR count). The number of rotatable bonds is 4. The van der Waals surface area contributed by atoms with Crippen molar-refractivity contribution >= 4 is 27.2 Å². The fourth-order valence-corrected chi connectivity index (χ4v) is 9.20. The smallest absolute Gasteiger partial charge is 0.280 e. The minimum absolute atomic E-state index is 0.0232. The highest BCUT2D eigenvalue weighted by Crippen LogP contribution is 2.45. The Kier molecular flexibility index (Phi) is 7.10. The number of pyridine rings is 1. The number of nitrogens with zero attached hydrogens (tertiary/aromatic N) is 5. The summed E-state index contributed by atoms with van der Waals surface area (Å²) in [4.78, 5) is 25.3.